The Bertz CT molecular complexity index is 1260. The average Bonchev–Trinajstić information content (AvgIpc) is 2.78. The maximum Gasteiger partial charge on any atom is 0.419 e. The molecule has 1 aromatic heterocycles. The van der Waals surface area contributed by atoms with Gasteiger partial charge in [-0.1, -0.05) is 42.5 Å². The van der Waals surface area contributed by atoms with Crippen LogP contribution < -0.4 is 0 Å². The molecule has 3 aromatic carbocycles. The molecule has 0 saturated heterocycles. The van der Waals surface area contributed by atoms with Gasteiger partial charge < -0.3 is 0 Å². The van der Waals surface area contributed by atoms with E-state index >= 15 is 0 Å². The van der Waals surface area contributed by atoms with Gasteiger partial charge in [-0.15, -0.1) is 0 Å². The first kappa shape index (κ1) is 23.3. The third-order valence-corrected chi connectivity index (χ3v) is 4.92. The Morgan fingerprint density at radius 1 is 0.529 bits per heavy atom. The summed E-state index contributed by atoms with van der Waals surface area (Å²) in [6.07, 6.45) is -9.99. The number of hydrogen-bond acceptors (Lipinski definition) is 2. The highest BCUT2D eigenvalue weighted by Gasteiger charge is 2.36. The van der Waals surface area contributed by atoms with Gasteiger partial charge in [-0.2, -0.15) is 26.3 Å². The standard InChI is InChI=1S/C24H12F8N2/c25-20-14(8-4-10-16(20)23(27,28)29)18-12-19(34-22(33-18)13-6-2-1-3-7-13)15-9-5-11-17(21(15)26)24(30,31)32/h1-12H. The molecule has 34 heavy (non-hydrogen) atoms. The van der Waals surface area contributed by atoms with Crippen LogP contribution in [0.15, 0.2) is 72.8 Å². The molecule has 0 saturated carbocycles. The zero-order chi connectivity index (χ0) is 24.7. The zero-order valence-corrected chi connectivity index (χ0v) is 16.8. The highest BCUT2D eigenvalue weighted by molar-refractivity contribution is 5.73. The fourth-order valence-electron chi connectivity index (χ4n) is 3.34. The molecule has 0 aliphatic rings. The summed E-state index contributed by atoms with van der Waals surface area (Å²) in [5.74, 6) is -3.38. The SMILES string of the molecule is Fc1c(-c2cc(-c3cccc(C(F)(F)F)c3F)nc(-c3ccccc3)n2)cccc1C(F)(F)F. The number of alkyl halides is 6. The van der Waals surface area contributed by atoms with Crippen LogP contribution in [-0.4, -0.2) is 9.97 Å². The van der Waals surface area contributed by atoms with E-state index in [9.17, 15) is 35.1 Å². The van der Waals surface area contributed by atoms with E-state index in [0.717, 1.165) is 30.3 Å². The predicted octanol–water partition coefficient (Wildman–Crippen LogP) is 7.79. The summed E-state index contributed by atoms with van der Waals surface area (Å²) in [7, 11) is 0. The van der Waals surface area contributed by atoms with Gasteiger partial charge in [0.1, 0.15) is 11.6 Å². The number of nitrogens with zero attached hydrogens (tertiary/aromatic N) is 2. The van der Waals surface area contributed by atoms with Gasteiger partial charge >= 0.3 is 12.4 Å². The van der Waals surface area contributed by atoms with Gasteiger partial charge in [0.15, 0.2) is 5.82 Å². The fraction of sp³-hybridized carbons (Fsp3) is 0.0833. The summed E-state index contributed by atoms with van der Waals surface area (Å²) in [5, 5.41) is 0. The van der Waals surface area contributed by atoms with Gasteiger partial charge in [0.25, 0.3) is 0 Å². The maximum absolute atomic E-state index is 14.8. The Balaban J connectivity index is 1.99. The van der Waals surface area contributed by atoms with E-state index in [2.05, 4.69) is 9.97 Å². The molecule has 0 N–H and O–H groups in total. The monoisotopic (exact) mass is 480 g/mol. The minimum atomic E-state index is -4.99. The van der Waals surface area contributed by atoms with Crippen LogP contribution in [-0.2, 0) is 12.4 Å². The van der Waals surface area contributed by atoms with Crippen molar-refractivity contribution in [2.24, 2.45) is 0 Å². The Morgan fingerprint density at radius 2 is 0.971 bits per heavy atom. The third-order valence-electron chi connectivity index (χ3n) is 4.92. The molecular weight excluding hydrogens is 468 g/mol. The second-order valence-corrected chi connectivity index (χ2v) is 7.16. The van der Waals surface area contributed by atoms with E-state index in [0.29, 0.717) is 17.7 Å². The van der Waals surface area contributed by atoms with Crippen molar-refractivity contribution in [2.75, 3.05) is 0 Å². The van der Waals surface area contributed by atoms with Crippen molar-refractivity contribution in [2.45, 2.75) is 12.4 Å². The molecule has 4 aromatic rings. The predicted molar refractivity (Wildman–Crippen MR) is 108 cm³/mol. The molecule has 0 spiro atoms. The molecule has 0 atom stereocenters. The van der Waals surface area contributed by atoms with Gasteiger partial charge in [-0.25, -0.2) is 18.7 Å². The summed E-state index contributed by atoms with van der Waals surface area (Å²) in [4.78, 5) is 8.24. The van der Waals surface area contributed by atoms with Crippen LogP contribution in [0.1, 0.15) is 11.1 Å². The van der Waals surface area contributed by atoms with E-state index in [4.69, 9.17) is 0 Å². The Kier molecular flexibility index (Phi) is 5.84. The lowest BCUT2D eigenvalue weighted by Crippen LogP contribution is -2.10. The Morgan fingerprint density at radius 3 is 1.38 bits per heavy atom. The van der Waals surface area contributed by atoms with E-state index < -0.39 is 46.2 Å². The molecule has 174 valence electrons. The number of hydrogen-bond donors (Lipinski definition) is 0. The van der Waals surface area contributed by atoms with Gasteiger partial charge in [-0.3, -0.25) is 0 Å². The number of halogens is 8. The van der Waals surface area contributed by atoms with Gasteiger partial charge in [0.2, 0.25) is 0 Å². The molecule has 0 fully saturated rings. The molecule has 4 rings (SSSR count). The van der Waals surface area contributed by atoms with E-state index in [1.807, 2.05) is 0 Å². The zero-order valence-electron chi connectivity index (χ0n) is 16.8. The smallest absolute Gasteiger partial charge is 0.228 e. The molecule has 1 heterocycles. The summed E-state index contributed by atoms with van der Waals surface area (Å²) in [5.41, 5.74) is -4.60. The normalized spacial score (nSPS) is 12.1. The minimum absolute atomic E-state index is 0.137. The molecule has 0 amide bonds. The first-order valence-electron chi connectivity index (χ1n) is 9.63. The van der Waals surface area contributed by atoms with Crippen molar-refractivity contribution >= 4 is 0 Å². The average molecular weight is 480 g/mol. The Hall–Kier alpha value is -3.82. The summed E-state index contributed by atoms with van der Waals surface area (Å²) in [6.45, 7) is 0. The second-order valence-electron chi connectivity index (χ2n) is 7.16. The van der Waals surface area contributed by atoms with Crippen molar-refractivity contribution in [3.63, 3.8) is 0 Å². The highest BCUT2D eigenvalue weighted by Crippen LogP contribution is 2.38. The van der Waals surface area contributed by atoms with E-state index in [1.165, 1.54) is 12.1 Å². The quantitative estimate of drug-likeness (QED) is 0.280. The maximum atomic E-state index is 14.8. The van der Waals surface area contributed by atoms with Gasteiger partial charge in [-0.05, 0) is 30.3 Å². The van der Waals surface area contributed by atoms with Gasteiger partial charge in [0.05, 0.1) is 22.5 Å². The van der Waals surface area contributed by atoms with Crippen molar-refractivity contribution in [3.8, 4) is 33.9 Å². The summed E-state index contributed by atoms with van der Waals surface area (Å²) >= 11 is 0. The lowest BCUT2D eigenvalue weighted by Gasteiger charge is -2.14. The molecule has 0 bridgehead atoms. The molecule has 0 radical (unpaired) electrons. The van der Waals surface area contributed by atoms with Crippen LogP contribution in [0.4, 0.5) is 35.1 Å². The molecule has 0 aliphatic heterocycles. The second kappa shape index (κ2) is 8.51. The number of rotatable bonds is 3. The van der Waals surface area contributed by atoms with Crippen LogP contribution in [0.3, 0.4) is 0 Å². The van der Waals surface area contributed by atoms with E-state index in [-0.39, 0.29) is 17.2 Å². The van der Waals surface area contributed by atoms with Gasteiger partial charge in [0, 0.05) is 16.7 Å². The lowest BCUT2D eigenvalue weighted by atomic mass is 10.0. The molecule has 0 unspecified atom stereocenters. The fourth-order valence-corrected chi connectivity index (χ4v) is 3.34. The van der Waals surface area contributed by atoms with Crippen LogP contribution in [0.5, 0.6) is 0 Å². The minimum Gasteiger partial charge on any atom is -0.228 e. The van der Waals surface area contributed by atoms with Crippen LogP contribution in [0.25, 0.3) is 33.9 Å². The van der Waals surface area contributed by atoms with Crippen LogP contribution in [0.2, 0.25) is 0 Å². The lowest BCUT2D eigenvalue weighted by molar-refractivity contribution is -0.140. The van der Waals surface area contributed by atoms with Crippen molar-refractivity contribution < 1.29 is 35.1 Å². The first-order chi connectivity index (χ1) is 16.0. The summed E-state index contributed by atoms with van der Waals surface area (Å²) in [6, 6.07) is 14.0. The molecule has 0 aliphatic carbocycles. The summed E-state index contributed by atoms with van der Waals surface area (Å²) < 4.78 is 109. The van der Waals surface area contributed by atoms with Crippen molar-refractivity contribution in [3.05, 3.63) is 95.6 Å². The number of benzene rings is 3. The Labute approximate surface area is 187 Å². The molecule has 10 heteroatoms. The third kappa shape index (κ3) is 4.48. The molecule has 2 nitrogen and oxygen atoms in total. The van der Waals surface area contributed by atoms with Crippen LogP contribution >= 0.6 is 0 Å². The topological polar surface area (TPSA) is 25.8 Å². The number of aromatic nitrogens is 2. The van der Waals surface area contributed by atoms with Crippen molar-refractivity contribution in [1.29, 1.82) is 0 Å². The first-order valence-corrected chi connectivity index (χ1v) is 9.63. The highest BCUT2D eigenvalue weighted by atomic mass is 19.4. The largest absolute Gasteiger partial charge is 0.419 e. The molecular formula is C24H12F8N2. The van der Waals surface area contributed by atoms with Crippen molar-refractivity contribution in [1.82, 2.24) is 9.97 Å². The van der Waals surface area contributed by atoms with E-state index in [1.54, 1.807) is 18.2 Å². The van der Waals surface area contributed by atoms with Crippen LogP contribution in [0, 0.1) is 11.6 Å².